The molecular formula is C19H25FN2O2. The smallest absolute Gasteiger partial charge is 0.188 e. The van der Waals surface area contributed by atoms with Gasteiger partial charge in [0.25, 0.3) is 0 Å². The fourth-order valence-corrected chi connectivity index (χ4v) is 3.69. The minimum atomic E-state index is -0.422. The number of halogens is 1. The number of hydrogen-bond acceptors (Lipinski definition) is 4. The second kappa shape index (κ2) is 5.88. The van der Waals surface area contributed by atoms with Gasteiger partial charge in [-0.1, -0.05) is 6.08 Å². The summed E-state index contributed by atoms with van der Waals surface area (Å²) in [5.74, 6) is -0.155. The van der Waals surface area contributed by atoms with Gasteiger partial charge in [-0.3, -0.25) is 4.79 Å². The van der Waals surface area contributed by atoms with E-state index in [1.807, 2.05) is 4.90 Å². The van der Waals surface area contributed by atoms with Crippen LogP contribution in [0.15, 0.2) is 17.7 Å². The molecule has 0 radical (unpaired) electrons. The monoisotopic (exact) mass is 332 g/mol. The number of methoxy groups -OCH3 is 1. The summed E-state index contributed by atoms with van der Waals surface area (Å²) in [6, 6.07) is 1.40. The number of hydrogen-bond donors (Lipinski definition) is 1. The third-order valence-corrected chi connectivity index (χ3v) is 5.61. The van der Waals surface area contributed by atoms with Crippen molar-refractivity contribution in [3.8, 4) is 5.75 Å². The van der Waals surface area contributed by atoms with Gasteiger partial charge in [0.15, 0.2) is 11.6 Å². The number of allylic oxidation sites excluding steroid dienone is 2. The Morgan fingerprint density at radius 3 is 2.67 bits per heavy atom. The average molecular weight is 332 g/mol. The van der Waals surface area contributed by atoms with Crippen LogP contribution in [0.2, 0.25) is 0 Å². The topological polar surface area (TPSA) is 55.6 Å². The van der Waals surface area contributed by atoms with E-state index in [1.165, 1.54) is 13.2 Å². The molecule has 4 nitrogen and oxygen atoms in total. The van der Waals surface area contributed by atoms with Crippen LogP contribution in [0.1, 0.15) is 42.6 Å². The number of Topliss-reactive ketones (excluding diaryl/α,β-unsaturated/α-hetero) is 1. The van der Waals surface area contributed by atoms with Gasteiger partial charge in [0.1, 0.15) is 11.4 Å². The quantitative estimate of drug-likeness (QED) is 0.679. The summed E-state index contributed by atoms with van der Waals surface area (Å²) in [6.07, 6.45) is 3.94. The first kappa shape index (κ1) is 17.0. The van der Waals surface area contributed by atoms with Crippen molar-refractivity contribution in [3.63, 3.8) is 0 Å². The predicted molar refractivity (Wildman–Crippen MR) is 93.3 cm³/mol. The highest BCUT2D eigenvalue weighted by Gasteiger charge is 2.54. The van der Waals surface area contributed by atoms with E-state index in [1.54, 1.807) is 26.8 Å². The van der Waals surface area contributed by atoms with Crippen molar-refractivity contribution in [1.29, 1.82) is 0 Å². The van der Waals surface area contributed by atoms with Gasteiger partial charge in [0.2, 0.25) is 0 Å². The molecule has 1 unspecified atom stereocenters. The lowest BCUT2D eigenvalue weighted by Gasteiger charge is -2.24. The van der Waals surface area contributed by atoms with Crippen LogP contribution in [0, 0.1) is 18.2 Å². The molecule has 130 valence electrons. The van der Waals surface area contributed by atoms with Crippen molar-refractivity contribution < 1.29 is 13.9 Å². The standard InChI is InChI=1S/C19H25FN2O2/c1-5-11(2)17(23)13-8-14(20)16(18(24-4)12(13)3)22-9-15(21)19(10-22)6-7-19/h5,8,15H,6-7,9-10,21H2,1-4H3/b11-5-. The van der Waals surface area contributed by atoms with Crippen LogP contribution in [0.3, 0.4) is 0 Å². The molecule has 0 bridgehead atoms. The molecule has 1 saturated heterocycles. The largest absolute Gasteiger partial charge is 0.494 e. The summed E-state index contributed by atoms with van der Waals surface area (Å²) in [7, 11) is 1.52. The van der Waals surface area contributed by atoms with E-state index < -0.39 is 5.82 Å². The van der Waals surface area contributed by atoms with E-state index in [0.717, 1.165) is 19.4 Å². The van der Waals surface area contributed by atoms with Crippen molar-refractivity contribution in [2.24, 2.45) is 11.1 Å². The van der Waals surface area contributed by atoms with Gasteiger partial charge < -0.3 is 15.4 Å². The molecule has 1 saturated carbocycles. The number of rotatable bonds is 4. The third-order valence-electron chi connectivity index (χ3n) is 5.61. The SMILES string of the molecule is C/C=C(/C)C(=O)c1cc(F)c(N2CC(N)C3(CC3)C2)c(OC)c1C. The Morgan fingerprint density at radius 2 is 2.17 bits per heavy atom. The molecule has 1 aliphatic carbocycles. The highest BCUT2D eigenvalue weighted by Crippen LogP contribution is 2.54. The summed E-state index contributed by atoms with van der Waals surface area (Å²) in [4.78, 5) is 14.5. The van der Waals surface area contributed by atoms with E-state index in [-0.39, 0.29) is 17.2 Å². The number of ketones is 1. The van der Waals surface area contributed by atoms with Crippen LogP contribution in [0.5, 0.6) is 5.75 Å². The number of nitrogens with two attached hydrogens (primary N) is 1. The Hall–Kier alpha value is -1.88. The molecule has 2 fully saturated rings. The molecule has 1 atom stereocenters. The second-order valence-corrected chi connectivity index (χ2v) is 7.06. The molecule has 0 amide bonds. The van der Waals surface area contributed by atoms with E-state index >= 15 is 0 Å². The van der Waals surface area contributed by atoms with E-state index in [0.29, 0.717) is 34.7 Å². The van der Waals surface area contributed by atoms with Crippen LogP contribution in [0.25, 0.3) is 0 Å². The molecule has 24 heavy (non-hydrogen) atoms. The molecule has 3 rings (SSSR count). The van der Waals surface area contributed by atoms with Gasteiger partial charge in [0, 0.05) is 35.7 Å². The first-order valence-corrected chi connectivity index (χ1v) is 8.40. The van der Waals surface area contributed by atoms with E-state index in [2.05, 4.69) is 0 Å². The van der Waals surface area contributed by atoms with E-state index in [4.69, 9.17) is 10.5 Å². The van der Waals surface area contributed by atoms with Crippen LogP contribution in [0.4, 0.5) is 10.1 Å². The van der Waals surface area contributed by atoms with Crippen molar-refractivity contribution in [2.75, 3.05) is 25.1 Å². The highest BCUT2D eigenvalue weighted by molar-refractivity contribution is 6.10. The summed E-state index contributed by atoms with van der Waals surface area (Å²) in [5, 5.41) is 0. The molecule has 2 aliphatic rings. The number of benzene rings is 1. The van der Waals surface area contributed by atoms with Crippen LogP contribution < -0.4 is 15.4 Å². The Kier molecular flexibility index (Phi) is 4.16. The van der Waals surface area contributed by atoms with E-state index in [9.17, 15) is 9.18 Å². The number of carbonyl (C=O) groups excluding carboxylic acids is 1. The molecule has 2 N–H and O–H groups in total. The molecule has 5 heteroatoms. The molecule has 1 aromatic rings. The Bertz CT molecular complexity index is 723. The fraction of sp³-hybridized carbons (Fsp3) is 0.526. The maximum atomic E-state index is 14.9. The normalized spacial score (nSPS) is 22.2. The zero-order valence-corrected chi connectivity index (χ0v) is 14.8. The van der Waals surface area contributed by atoms with Gasteiger partial charge >= 0.3 is 0 Å². The van der Waals surface area contributed by atoms with Crippen LogP contribution in [-0.4, -0.2) is 32.0 Å². The zero-order valence-electron chi connectivity index (χ0n) is 14.8. The highest BCUT2D eigenvalue weighted by atomic mass is 19.1. The fourth-order valence-electron chi connectivity index (χ4n) is 3.69. The number of anilines is 1. The first-order chi connectivity index (χ1) is 11.3. The lowest BCUT2D eigenvalue weighted by molar-refractivity contribution is 0.103. The number of carbonyl (C=O) groups is 1. The van der Waals surface area contributed by atoms with Gasteiger partial charge in [-0.15, -0.1) is 0 Å². The van der Waals surface area contributed by atoms with Gasteiger partial charge in [0.05, 0.1) is 7.11 Å². The molecule has 1 aliphatic heterocycles. The lowest BCUT2D eigenvalue weighted by atomic mass is 9.97. The Morgan fingerprint density at radius 1 is 1.50 bits per heavy atom. The minimum Gasteiger partial charge on any atom is -0.494 e. The maximum Gasteiger partial charge on any atom is 0.188 e. The van der Waals surface area contributed by atoms with Crippen LogP contribution in [-0.2, 0) is 0 Å². The van der Waals surface area contributed by atoms with Gasteiger partial charge in [-0.25, -0.2) is 4.39 Å². The molecule has 1 heterocycles. The average Bonchev–Trinajstić information content (AvgIpc) is 3.27. The second-order valence-electron chi connectivity index (χ2n) is 7.06. The number of ether oxygens (including phenoxy) is 1. The first-order valence-electron chi connectivity index (χ1n) is 8.40. The summed E-state index contributed by atoms with van der Waals surface area (Å²) in [5.41, 5.74) is 8.44. The third kappa shape index (κ3) is 2.51. The maximum absolute atomic E-state index is 14.9. The lowest BCUT2D eigenvalue weighted by Crippen LogP contribution is -2.30. The minimum absolute atomic E-state index is 0.0634. The van der Waals surface area contributed by atoms with Gasteiger partial charge in [-0.2, -0.15) is 0 Å². The Labute approximate surface area is 142 Å². The van der Waals surface area contributed by atoms with Crippen molar-refractivity contribution >= 4 is 11.5 Å². The van der Waals surface area contributed by atoms with Crippen molar-refractivity contribution in [1.82, 2.24) is 0 Å². The van der Waals surface area contributed by atoms with Crippen molar-refractivity contribution in [2.45, 2.75) is 39.7 Å². The van der Waals surface area contributed by atoms with Crippen molar-refractivity contribution in [3.05, 3.63) is 34.7 Å². The summed E-state index contributed by atoms with van der Waals surface area (Å²) < 4.78 is 20.4. The number of nitrogens with zero attached hydrogens (tertiary/aromatic N) is 1. The molecule has 1 spiro atoms. The zero-order chi connectivity index (χ0) is 17.6. The Balaban J connectivity index is 2.05. The van der Waals surface area contributed by atoms with Crippen LogP contribution >= 0.6 is 0 Å². The summed E-state index contributed by atoms with van der Waals surface area (Å²) in [6.45, 7) is 6.71. The molecule has 0 aromatic heterocycles. The van der Waals surface area contributed by atoms with Gasteiger partial charge in [-0.05, 0) is 45.3 Å². The molecular weight excluding hydrogens is 307 g/mol. The molecule has 1 aromatic carbocycles. The predicted octanol–water partition coefficient (Wildman–Crippen LogP) is 3.22. The summed E-state index contributed by atoms with van der Waals surface area (Å²) >= 11 is 0.